The maximum Gasteiger partial charge on any atom is 0.190 e. The molecule has 5 atom stereocenters. The largest absolute Gasteiger partial charge is 0.368 e. The van der Waals surface area contributed by atoms with E-state index >= 15 is 0 Å². The van der Waals surface area contributed by atoms with E-state index in [9.17, 15) is 0 Å². The minimum atomic E-state index is -0.496. The van der Waals surface area contributed by atoms with Crippen molar-refractivity contribution in [2.24, 2.45) is 0 Å². The highest BCUT2D eigenvalue weighted by Gasteiger charge is 2.61. The van der Waals surface area contributed by atoms with Gasteiger partial charge in [-0.3, -0.25) is 0 Å². The molecule has 1 aromatic carbocycles. The van der Waals surface area contributed by atoms with Crippen LogP contribution in [0.1, 0.15) is 69.8 Å². The molecule has 31 heavy (non-hydrogen) atoms. The van der Waals surface area contributed by atoms with Gasteiger partial charge in [0.2, 0.25) is 0 Å². The third kappa shape index (κ3) is 3.96. The SMILES string of the molecule is c1ccc(CO[C@@H]2[C@H]3OC4(CCCCC4)O[C@@H]3O[C@@H]2[C@@H]2COC3(CCCCC3)O2)cc1. The fraction of sp³-hybridized carbons (Fsp3) is 0.760. The molecule has 2 aliphatic carbocycles. The van der Waals surface area contributed by atoms with Crippen LogP contribution >= 0.6 is 0 Å². The molecular weight excluding hydrogens is 396 g/mol. The van der Waals surface area contributed by atoms with Crippen molar-refractivity contribution in [1.82, 2.24) is 0 Å². The number of ether oxygens (including phenoxy) is 6. The predicted octanol–water partition coefficient (Wildman–Crippen LogP) is 4.45. The van der Waals surface area contributed by atoms with Crippen molar-refractivity contribution in [3.05, 3.63) is 35.9 Å². The number of hydrogen-bond donors (Lipinski definition) is 0. The summed E-state index contributed by atoms with van der Waals surface area (Å²) in [4.78, 5) is 0. The lowest BCUT2D eigenvalue weighted by molar-refractivity contribution is -0.263. The molecule has 1 aromatic rings. The monoisotopic (exact) mass is 430 g/mol. The fourth-order valence-electron chi connectivity index (χ4n) is 6.03. The van der Waals surface area contributed by atoms with Gasteiger partial charge in [-0.25, -0.2) is 0 Å². The number of benzene rings is 1. The zero-order valence-corrected chi connectivity index (χ0v) is 18.2. The summed E-state index contributed by atoms with van der Waals surface area (Å²) in [6, 6.07) is 10.3. The molecule has 0 amide bonds. The number of fused-ring (bicyclic) bond motifs is 1. The molecule has 5 aliphatic rings. The van der Waals surface area contributed by atoms with Gasteiger partial charge in [-0.2, -0.15) is 0 Å². The minimum Gasteiger partial charge on any atom is -0.368 e. The van der Waals surface area contributed by atoms with Crippen LogP contribution in [-0.2, 0) is 35.0 Å². The Bertz CT molecular complexity index is 742. The van der Waals surface area contributed by atoms with Gasteiger partial charge in [-0.05, 0) is 31.2 Å². The van der Waals surface area contributed by atoms with Gasteiger partial charge in [0, 0.05) is 25.7 Å². The Labute approximate surface area is 184 Å². The molecule has 0 radical (unpaired) electrons. The summed E-state index contributed by atoms with van der Waals surface area (Å²) in [5, 5.41) is 0. The first-order valence-electron chi connectivity index (χ1n) is 12.2. The molecule has 0 unspecified atom stereocenters. The molecule has 6 heteroatoms. The highest BCUT2D eigenvalue weighted by atomic mass is 16.9. The average molecular weight is 431 g/mol. The molecule has 170 valence electrons. The molecule has 2 spiro atoms. The minimum absolute atomic E-state index is 0.154. The summed E-state index contributed by atoms with van der Waals surface area (Å²) in [6.45, 7) is 1.06. The second kappa shape index (κ2) is 8.40. The van der Waals surface area contributed by atoms with Crippen molar-refractivity contribution in [3.63, 3.8) is 0 Å². The molecule has 0 aromatic heterocycles. The van der Waals surface area contributed by atoms with Crippen molar-refractivity contribution >= 4 is 0 Å². The summed E-state index contributed by atoms with van der Waals surface area (Å²) < 4.78 is 38.6. The zero-order chi connectivity index (χ0) is 20.7. The first kappa shape index (κ1) is 20.6. The Kier molecular flexibility index (Phi) is 5.57. The van der Waals surface area contributed by atoms with Crippen LogP contribution < -0.4 is 0 Å². The van der Waals surface area contributed by atoms with Crippen LogP contribution in [0.25, 0.3) is 0 Å². The second-order valence-corrected chi connectivity index (χ2v) is 9.84. The lowest BCUT2D eigenvalue weighted by Crippen LogP contribution is -2.45. The van der Waals surface area contributed by atoms with E-state index in [2.05, 4.69) is 12.1 Å². The van der Waals surface area contributed by atoms with Crippen molar-refractivity contribution in [3.8, 4) is 0 Å². The molecule has 3 heterocycles. The van der Waals surface area contributed by atoms with Crippen LogP contribution in [0.15, 0.2) is 30.3 Å². The van der Waals surface area contributed by atoms with E-state index in [1.165, 1.54) is 12.8 Å². The van der Waals surface area contributed by atoms with Crippen LogP contribution in [0.5, 0.6) is 0 Å². The summed E-state index contributed by atoms with van der Waals surface area (Å²) in [5.41, 5.74) is 1.14. The van der Waals surface area contributed by atoms with Crippen LogP contribution in [0.3, 0.4) is 0 Å². The summed E-state index contributed by atoms with van der Waals surface area (Å²) in [6.07, 6.45) is 9.65. The summed E-state index contributed by atoms with van der Waals surface area (Å²) in [5.74, 6) is -0.926. The predicted molar refractivity (Wildman–Crippen MR) is 112 cm³/mol. The van der Waals surface area contributed by atoms with Gasteiger partial charge in [0.1, 0.15) is 24.4 Å². The van der Waals surface area contributed by atoms with E-state index in [1.54, 1.807) is 0 Å². The van der Waals surface area contributed by atoms with Gasteiger partial charge in [-0.1, -0.05) is 43.2 Å². The number of hydrogen-bond acceptors (Lipinski definition) is 6. The van der Waals surface area contributed by atoms with E-state index in [0.717, 1.165) is 56.9 Å². The third-order valence-electron chi connectivity index (χ3n) is 7.65. The lowest BCUT2D eigenvalue weighted by atomic mass is 9.94. The van der Waals surface area contributed by atoms with Crippen molar-refractivity contribution < 1.29 is 28.4 Å². The highest BCUT2D eigenvalue weighted by Crippen LogP contribution is 2.48. The maximum absolute atomic E-state index is 6.57. The van der Waals surface area contributed by atoms with Gasteiger partial charge in [0.05, 0.1) is 13.2 Å². The van der Waals surface area contributed by atoms with Crippen LogP contribution in [-0.4, -0.2) is 48.9 Å². The van der Waals surface area contributed by atoms with Crippen molar-refractivity contribution in [1.29, 1.82) is 0 Å². The Balaban J connectivity index is 1.19. The van der Waals surface area contributed by atoms with Crippen LogP contribution in [0.2, 0.25) is 0 Å². The summed E-state index contributed by atoms with van der Waals surface area (Å²) >= 11 is 0. The zero-order valence-electron chi connectivity index (χ0n) is 18.2. The van der Waals surface area contributed by atoms with Crippen LogP contribution in [0, 0.1) is 0 Å². The Morgan fingerprint density at radius 2 is 1.48 bits per heavy atom. The lowest BCUT2D eigenvalue weighted by Gasteiger charge is -2.35. The van der Waals surface area contributed by atoms with Gasteiger partial charge in [-0.15, -0.1) is 0 Å². The number of rotatable bonds is 4. The Morgan fingerprint density at radius 3 is 2.23 bits per heavy atom. The van der Waals surface area contributed by atoms with E-state index in [-0.39, 0.29) is 24.4 Å². The van der Waals surface area contributed by atoms with Gasteiger partial charge < -0.3 is 28.4 Å². The van der Waals surface area contributed by atoms with E-state index in [1.807, 2.05) is 18.2 Å². The van der Waals surface area contributed by atoms with Crippen molar-refractivity contribution in [2.75, 3.05) is 6.61 Å². The molecule has 0 bridgehead atoms. The molecule has 6 nitrogen and oxygen atoms in total. The van der Waals surface area contributed by atoms with E-state index < -0.39 is 17.9 Å². The van der Waals surface area contributed by atoms with Crippen molar-refractivity contribution in [2.45, 2.75) is 113 Å². The normalized spacial score (nSPS) is 38.6. The maximum atomic E-state index is 6.57. The van der Waals surface area contributed by atoms with E-state index in [0.29, 0.717) is 13.2 Å². The molecule has 5 fully saturated rings. The standard InChI is InChI=1S/C25H34O6/c1-4-10-18(11-5-1)16-26-21-20(19-17-27-24(29-19)12-6-2-7-13-24)28-23-22(21)30-25(31-23)14-8-3-9-15-25/h1,4-5,10-11,19-23H,2-3,6-9,12-17H2/t19-,20+,21-,22+,23-/m0/s1. The van der Waals surface area contributed by atoms with E-state index in [4.69, 9.17) is 28.4 Å². The smallest absolute Gasteiger partial charge is 0.190 e. The molecular formula is C25H34O6. The topological polar surface area (TPSA) is 55.4 Å². The quantitative estimate of drug-likeness (QED) is 0.704. The molecule has 2 saturated carbocycles. The average Bonchev–Trinajstić information content (AvgIpc) is 3.46. The molecule has 3 saturated heterocycles. The fourth-order valence-corrected chi connectivity index (χ4v) is 6.03. The Morgan fingerprint density at radius 1 is 0.774 bits per heavy atom. The van der Waals surface area contributed by atoms with Crippen LogP contribution in [0.4, 0.5) is 0 Å². The third-order valence-corrected chi connectivity index (χ3v) is 7.65. The van der Waals surface area contributed by atoms with Gasteiger partial charge in [0.15, 0.2) is 17.9 Å². The second-order valence-electron chi connectivity index (χ2n) is 9.84. The first-order chi connectivity index (χ1) is 15.2. The van der Waals surface area contributed by atoms with Gasteiger partial charge >= 0.3 is 0 Å². The highest BCUT2D eigenvalue weighted by molar-refractivity contribution is 5.14. The van der Waals surface area contributed by atoms with Gasteiger partial charge in [0.25, 0.3) is 0 Å². The summed E-state index contributed by atoms with van der Waals surface area (Å²) in [7, 11) is 0. The Hall–Kier alpha value is -1.02. The molecule has 0 N–H and O–H groups in total. The molecule has 6 rings (SSSR count). The molecule has 3 aliphatic heterocycles. The first-order valence-corrected chi connectivity index (χ1v) is 12.2.